The van der Waals surface area contributed by atoms with E-state index in [1.807, 2.05) is 0 Å². The van der Waals surface area contributed by atoms with Crippen LogP contribution in [0.25, 0.3) is 11.6 Å². The number of rotatable bonds is 7. The van der Waals surface area contributed by atoms with Gasteiger partial charge in [0.05, 0.1) is 0 Å². The van der Waals surface area contributed by atoms with E-state index in [0.29, 0.717) is 0 Å². The van der Waals surface area contributed by atoms with Crippen molar-refractivity contribution in [1.29, 1.82) is 0 Å². The molecule has 4 aromatic carbocycles. The number of benzene rings is 4. The number of hydrogen-bond donors (Lipinski definition) is 0. The Bertz CT molecular complexity index is 1150. The second-order valence-corrected chi connectivity index (χ2v) is 8.88. The number of aryl methyl sites for hydroxylation is 3. The van der Waals surface area contributed by atoms with Crippen molar-refractivity contribution in [3.05, 3.63) is 125 Å². The average Bonchev–Trinajstić information content (AvgIpc) is 2.83. The van der Waals surface area contributed by atoms with Crippen LogP contribution in [0.4, 0.5) is 17.1 Å². The summed E-state index contributed by atoms with van der Waals surface area (Å²) >= 11 is 0. The summed E-state index contributed by atoms with van der Waals surface area (Å²) in [5, 5.41) is 0. The van der Waals surface area contributed by atoms with Gasteiger partial charge in [-0.1, -0.05) is 96.8 Å². The number of hydrogen-bond acceptors (Lipinski definition) is 1. The lowest BCUT2D eigenvalue weighted by molar-refractivity contribution is 0.976. The van der Waals surface area contributed by atoms with E-state index in [1.165, 1.54) is 44.8 Å². The lowest BCUT2D eigenvalue weighted by atomic mass is 9.98. The maximum Gasteiger partial charge on any atom is 0.0462 e. The molecule has 0 aliphatic rings. The molecule has 1 nitrogen and oxygen atoms in total. The van der Waals surface area contributed by atoms with Gasteiger partial charge in [0, 0.05) is 17.1 Å². The Balaban J connectivity index is 1.69. The summed E-state index contributed by atoms with van der Waals surface area (Å²) in [5.74, 6) is 0. The van der Waals surface area contributed by atoms with Crippen LogP contribution < -0.4 is 4.90 Å². The lowest BCUT2D eigenvalue weighted by Crippen LogP contribution is -2.09. The van der Waals surface area contributed by atoms with E-state index in [2.05, 4.69) is 136 Å². The fourth-order valence-electron chi connectivity index (χ4n) is 4.09. The Labute approximate surface area is 199 Å². The molecule has 0 spiro atoms. The Hall–Kier alpha value is -3.58. The SMILES string of the molecule is CCCC(=Cc1ccc(N(c2ccc(C)cc2)c2ccc(C)cc2)cc1)c1ccc(C)cc1. The van der Waals surface area contributed by atoms with Crippen LogP contribution in [0.1, 0.15) is 47.6 Å². The normalized spacial score (nSPS) is 11.5. The number of allylic oxidation sites excluding steroid dienone is 1. The van der Waals surface area contributed by atoms with Crippen molar-refractivity contribution in [1.82, 2.24) is 0 Å². The highest BCUT2D eigenvalue weighted by Crippen LogP contribution is 2.35. The average molecular weight is 432 g/mol. The predicted octanol–water partition coefficient (Wildman–Crippen LogP) is 9.42. The maximum absolute atomic E-state index is 2.33. The fraction of sp³-hybridized carbons (Fsp3) is 0.188. The minimum Gasteiger partial charge on any atom is -0.311 e. The predicted molar refractivity (Wildman–Crippen MR) is 145 cm³/mol. The highest BCUT2D eigenvalue weighted by atomic mass is 15.1. The van der Waals surface area contributed by atoms with Crippen LogP contribution in [0, 0.1) is 20.8 Å². The molecule has 0 unspecified atom stereocenters. The largest absolute Gasteiger partial charge is 0.311 e. The first kappa shape index (κ1) is 22.6. The maximum atomic E-state index is 2.33. The third-order valence-electron chi connectivity index (χ3n) is 6.02. The van der Waals surface area contributed by atoms with Gasteiger partial charge >= 0.3 is 0 Å². The van der Waals surface area contributed by atoms with E-state index in [4.69, 9.17) is 0 Å². The van der Waals surface area contributed by atoms with E-state index in [0.717, 1.165) is 18.5 Å². The van der Waals surface area contributed by atoms with Gasteiger partial charge in [0.15, 0.2) is 0 Å². The van der Waals surface area contributed by atoms with Crippen LogP contribution in [-0.2, 0) is 0 Å². The van der Waals surface area contributed by atoms with Gasteiger partial charge in [-0.15, -0.1) is 0 Å². The van der Waals surface area contributed by atoms with E-state index in [1.54, 1.807) is 0 Å². The van der Waals surface area contributed by atoms with E-state index in [9.17, 15) is 0 Å². The summed E-state index contributed by atoms with van der Waals surface area (Å²) in [7, 11) is 0. The Morgan fingerprint density at radius 3 is 1.39 bits per heavy atom. The van der Waals surface area contributed by atoms with Crippen LogP contribution in [0.15, 0.2) is 97.1 Å². The third-order valence-corrected chi connectivity index (χ3v) is 6.02. The van der Waals surface area contributed by atoms with Crippen LogP contribution in [0.3, 0.4) is 0 Å². The summed E-state index contributed by atoms with van der Waals surface area (Å²) < 4.78 is 0. The summed E-state index contributed by atoms with van der Waals surface area (Å²) in [4.78, 5) is 2.32. The number of nitrogens with zero attached hydrogens (tertiary/aromatic N) is 1. The van der Waals surface area contributed by atoms with Crippen LogP contribution in [0.2, 0.25) is 0 Å². The molecule has 0 aromatic heterocycles. The summed E-state index contributed by atoms with van der Waals surface area (Å²) in [6.07, 6.45) is 4.54. The molecular formula is C32H33N. The first-order chi connectivity index (χ1) is 16.0. The molecular weight excluding hydrogens is 398 g/mol. The zero-order valence-electron chi connectivity index (χ0n) is 20.2. The molecule has 0 saturated carbocycles. The quantitative estimate of drug-likeness (QED) is 0.263. The monoisotopic (exact) mass is 431 g/mol. The third kappa shape index (κ3) is 5.62. The van der Waals surface area contributed by atoms with Crippen molar-refractivity contribution in [3.63, 3.8) is 0 Å². The van der Waals surface area contributed by atoms with Crippen molar-refractivity contribution < 1.29 is 0 Å². The minimum atomic E-state index is 1.07. The molecule has 0 aliphatic carbocycles. The van der Waals surface area contributed by atoms with Crippen LogP contribution in [-0.4, -0.2) is 0 Å². The molecule has 0 atom stereocenters. The molecule has 0 radical (unpaired) electrons. The van der Waals surface area contributed by atoms with Crippen molar-refractivity contribution in [3.8, 4) is 0 Å². The molecule has 0 N–H and O–H groups in total. The molecule has 0 saturated heterocycles. The highest BCUT2D eigenvalue weighted by molar-refractivity contribution is 5.83. The van der Waals surface area contributed by atoms with Crippen molar-refractivity contribution in [2.24, 2.45) is 0 Å². The fourth-order valence-corrected chi connectivity index (χ4v) is 4.09. The molecule has 0 fully saturated rings. The van der Waals surface area contributed by atoms with Gasteiger partial charge in [-0.2, -0.15) is 0 Å². The second kappa shape index (κ2) is 10.4. The van der Waals surface area contributed by atoms with Gasteiger partial charge in [-0.25, -0.2) is 0 Å². The van der Waals surface area contributed by atoms with Gasteiger partial charge in [-0.3, -0.25) is 0 Å². The Morgan fingerprint density at radius 1 is 0.576 bits per heavy atom. The molecule has 4 rings (SSSR count). The Kier molecular flexibility index (Phi) is 7.10. The smallest absolute Gasteiger partial charge is 0.0462 e. The molecule has 33 heavy (non-hydrogen) atoms. The van der Waals surface area contributed by atoms with Crippen LogP contribution >= 0.6 is 0 Å². The van der Waals surface area contributed by atoms with Gasteiger partial charge < -0.3 is 4.90 Å². The summed E-state index contributed by atoms with van der Waals surface area (Å²) in [6.45, 7) is 8.64. The summed E-state index contributed by atoms with van der Waals surface area (Å²) in [6, 6.07) is 35.3. The standard InChI is InChI=1S/C32H33N/c1-5-6-29(28-15-7-24(2)8-16-28)23-27-13-21-32(22-14-27)33(30-17-9-25(3)10-18-30)31-19-11-26(4)12-20-31/h7-23H,5-6H2,1-4H3. The molecule has 0 amide bonds. The van der Waals surface area contributed by atoms with Gasteiger partial charge in [0.2, 0.25) is 0 Å². The Morgan fingerprint density at radius 2 is 0.970 bits per heavy atom. The second-order valence-electron chi connectivity index (χ2n) is 8.88. The molecule has 0 aliphatic heterocycles. The van der Waals surface area contributed by atoms with E-state index in [-0.39, 0.29) is 0 Å². The molecule has 1 heteroatoms. The lowest BCUT2D eigenvalue weighted by Gasteiger charge is -2.26. The molecule has 0 heterocycles. The minimum absolute atomic E-state index is 1.07. The molecule has 0 bridgehead atoms. The molecule has 4 aromatic rings. The zero-order valence-corrected chi connectivity index (χ0v) is 20.2. The van der Waals surface area contributed by atoms with Crippen molar-refractivity contribution in [2.75, 3.05) is 4.90 Å². The van der Waals surface area contributed by atoms with E-state index >= 15 is 0 Å². The van der Waals surface area contributed by atoms with Gasteiger partial charge in [-0.05, 0) is 80.3 Å². The highest BCUT2D eigenvalue weighted by Gasteiger charge is 2.12. The number of anilines is 3. The van der Waals surface area contributed by atoms with Gasteiger partial charge in [0.25, 0.3) is 0 Å². The zero-order chi connectivity index (χ0) is 23.2. The van der Waals surface area contributed by atoms with Crippen molar-refractivity contribution >= 4 is 28.7 Å². The first-order valence-electron chi connectivity index (χ1n) is 11.8. The van der Waals surface area contributed by atoms with Gasteiger partial charge in [0.1, 0.15) is 0 Å². The van der Waals surface area contributed by atoms with Crippen molar-refractivity contribution in [2.45, 2.75) is 40.5 Å². The first-order valence-corrected chi connectivity index (χ1v) is 11.8. The summed E-state index contributed by atoms with van der Waals surface area (Å²) in [5.41, 5.74) is 11.3. The topological polar surface area (TPSA) is 3.24 Å². The van der Waals surface area contributed by atoms with E-state index < -0.39 is 0 Å². The molecule has 166 valence electrons. The van der Waals surface area contributed by atoms with Crippen LogP contribution in [0.5, 0.6) is 0 Å².